The molecule has 0 amide bonds. The van der Waals surface area contributed by atoms with Gasteiger partial charge in [-0.2, -0.15) is 0 Å². The Labute approximate surface area is 118 Å². The normalized spacial score (nSPS) is 8.53. The molecule has 19 heavy (non-hydrogen) atoms. The first kappa shape index (κ1) is 17.2. The topological polar surface area (TPSA) is 9.23 Å². The third kappa shape index (κ3) is 6.66. The van der Waals surface area contributed by atoms with Crippen LogP contribution < -0.4 is 4.74 Å². The Morgan fingerprint density at radius 2 is 1.00 bits per heavy atom. The fourth-order valence-corrected chi connectivity index (χ4v) is 1.49. The van der Waals surface area contributed by atoms with Crippen LogP contribution in [0.25, 0.3) is 0 Å². The van der Waals surface area contributed by atoms with E-state index in [1.165, 1.54) is 11.1 Å². The number of ether oxygens (including phenoxy) is 1. The second kappa shape index (κ2) is 10.2. The Morgan fingerprint density at radius 3 is 1.32 bits per heavy atom. The molecule has 0 atom stereocenters. The first-order valence-corrected chi connectivity index (χ1v) is 7.05. The van der Waals surface area contributed by atoms with E-state index in [9.17, 15) is 0 Å². The van der Waals surface area contributed by atoms with Crippen LogP contribution in [-0.4, -0.2) is 0 Å². The van der Waals surface area contributed by atoms with Crippen molar-refractivity contribution in [3.05, 3.63) is 59.7 Å². The van der Waals surface area contributed by atoms with E-state index in [4.69, 9.17) is 4.74 Å². The van der Waals surface area contributed by atoms with Gasteiger partial charge < -0.3 is 4.74 Å². The molecule has 0 bridgehead atoms. The van der Waals surface area contributed by atoms with Crippen LogP contribution in [-0.2, 0) is 0 Å². The lowest BCUT2D eigenvalue weighted by Gasteiger charge is -2.06. The van der Waals surface area contributed by atoms with Crippen LogP contribution in [0.3, 0.4) is 0 Å². The van der Waals surface area contributed by atoms with Crippen molar-refractivity contribution in [3.63, 3.8) is 0 Å². The minimum atomic E-state index is 0.889. The molecule has 0 unspecified atom stereocenters. The summed E-state index contributed by atoms with van der Waals surface area (Å²) >= 11 is 0. The lowest BCUT2D eigenvalue weighted by atomic mass is 10.2. The van der Waals surface area contributed by atoms with E-state index in [0.29, 0.717) is 0 Å². The zero-order valence-electron chi connectivity index (χ0n) is 13.0. The second-order valence-electron chi connectivity index (χ2n) is 3.74. The number of rotatable bonds is 2. The Morgan fingerprint density at radius 1 is 0.632 bits per heavy atom. The molecule has 0 aliphatic rings. The zero-order valence-corrected chi connectivity index (χ0v) is 13.0. The zero-order chi connectivity index (χ0) is 14.7. The summed E-state index contributed by atoms with van der Waals surface area (Å²) in [6.45, 7) is 12.1. The molecule has 0 spiro atoms. The smallest absolute Gasteiger partial charge is 0.127 e. The molecule has 2 rings (SSSR count). The lowest BCUT2D eigenvalue weighted by molar-refractivity contribution is 0.482. The molecule has 2 aromatic carbocycles. The van der Waals surface area contributed by atoms with Gasteiger partial charge in [-0.3, -0.25) is 0 Å². The molecule has 0 saturated carbocycles. The average molecular weight is 258 g/mol. The van der Waals surface area contributed by atoms with Gasteiger partial charge in [0, 0.05) is 0 Å². The predicted molar refractivity (Wildman–Crippen MR) is 85.1 cm³/mol. The van der Waals surface area contributed by atoms with Crippen molar-refractivity contribution in [3.8, 4) is 11.5 Å². The van der Waals surface area contributed by atoms with Crippen molar-refractivity contribution in [2.24, 2.45) is 0 Å². The Balaban J connectivity index is 0.000000741. The van der Waals surface area contributed by atoms with Crippen LogP contribution in [0, 0.1) is 13.8 Å². The van der Waals surface area contributed by atoms with Gasteiger partial charge in [0.2, 0.25) is 0 Å². The van der Waals surface area contributed by atoms with Gasteiger partial charge in [-0.15, -0.1) is 0 Å². The summed E-state index contributed by atoms with van der Waals surface area (Å²) in [6, 6.07) is 16.1. The third-order valence-corrected chi connectivity index (χ3v) is 2.21. The summed E-state index contributed by atoms with van der Waals surface area (Å²) in [6.07, 6.45) is 0. The van der Waals surface area contributed by atoms with Crippen LogP contribution in [0.1, 0.15) is 38.8 Å². The van der Waals surface area contributed by atoms with Gasteiger partial charge in [-0.25, -0.2) is 0 Å². The maximum Gasteiger partial charge on any atom is 0.127 e. The highest BCUT2D eigenvalue weighted by Crippen LogP contribution is 2.22. The lowest BCUT2D eigenvalue weighted by Crippen LogP contribution is -1.84. The molecular formula is C18H26O. The fourth-order valence-electron chi connectivity index (χ4n) is 1.49. The van der Waals surface area contributed by atoms with Crippen molar-refractivity contribution in [2.45, 2.75) is 41.5 Å². The SMILES string of the molecule is CC.CC.Cc1cccc(Oc2cccc(C)c2)c1. The van der Waals surface area contributed by atoms with E-state index in [2.05, 4.69) is 26.0 Å². The fraction of sp³-hybridized carbons (Fsp3) is 0.333. The minimum absolute atomic E-state index is 0.889. The monoisotopic (exact) mass is 258 g/mol. The second-order valence-corrected chi connectivity index (χ2v) is 3.74. The van der Waals surface area contributed by atoms with E-state index in [1.54, 1.807) is 0 Å². The van der Waals surface area contributed by atoms with Crippen LogP contribution in [0.4, 0.5) is 0 Å². The first-order chi connectivity index (χ1) is 9.24. The molecule has 104 valence electrons. The van der Waals surface area contributed by atoms with E-state index in [1.807, 2.05) is 64.1 Å². The largest absolute Gasteiger partial charge is 0.457 e. The summed E-state index contributed by atoms with van der Waals surface area (Å²) in [4.78, 5) is 0. The third-order valence-electron chi connectivity index (χ3n) is 2.21. The highest BCUT2D eigenvalue weighted by Gasteiger charge is 1.96. The number of aryl methyl sites for hydroxylation is 2. The van der Waals surface area contributed by atoms with Gasteiger partial charge in [0.05, 0.1) is 0 Å². The molecule has 0 saturated heterocycles. The number of hydrogen-bond donors (Lipinski definition) is 0. The van der Waals surface area contributed by atoms with Crippen molar-refractivity contribution in [1.29, 1.82) is 0 Å². The summed E-state index contributed by atoms with van der Waals surface area (Å²) < 4.78 is 5.74. The number of hydrogen-bond acceptors (Lipinski definition) is 1. The molecule has 0 aliphatic carbocycles. The van der Waals surface area contributed by atoms with Gasteiger partial charge in [0.1, 0.15) is 11.5 Å². The van der Waals surface area contributed by atoms with Crippen molar-refractivity contribution >= 4 is 0 Å². The van der Waals surface area contributed by atoms with Crippen LogP contribution in [0.15, 0.2) is 48.5 Å². The summed E-state index contributed by atoms with van der Waals surface area (Å²) in [5, 5.41) is 0. The van der Waals surface area contributed by atoms with Crippen molar-refractivity contribution < 1.29 is 4.74 Å². The van der Waals surface area contributed by atoms with Crippen molar-refractivity contribution in [2.75, 3.05) is 0 Å². The van der Waals surface area contributed by atoms with Gasteiger partial charge >= 0.3 is 0 Å². The predicted octanol–water partition coefficient (Wildman–Crippen LogP) is 6.15. The summed E-state index contributed by atoms with van der Waals surface area (Å²) in [7, 11) is 0. The molecule has 0 N–H and O–H groups in total. The quantitative estimate of drug-likeness (QED) is 0.628. The highest BCUT2D eigenvalue weighted by atomic mass is 16.5. The summed E-state index contributed by atoms with van der Waals surface area (Å²) in [5.41, 5.74) is 2.42. The van der Waals surface area contributed by atoms with Crippen LogP contribution >= 0.6 is 0 Å². The van der Waals surface area contributed by atoms with Gasteiger partial charge in [0.25, 0.3) is 0 Å². The van der Waals surface area contributed by atoms with E-state index >= 15 is 0 Å². The standard InChI is InChI=1S/C14H14O.2C2H6/c1-11-5-3-7-13(9-11)15-14-8-4-6-12(2)10-14;2*1-2/h3-10H,1-2H3;2*1-2H3. The first-order valence-electron chi connectivity index (χ1n) is 7.05. The molecule has 0 heterocycles. The summed E-state index contributed by atoms with van der Waals surface area (Å²) in [5.74, 6) is 1.78. The molecule has 1 nitrogen and oxygen atoms in total. The molecular weight excluding hydrogens is 232 g/mol. The maximum absolute atomic E-state index is 5.74. The van der Waals surface area contributed by atoms with E-state index < -0.39 is 0 Å². The minimum Gasteiger partial charge on any atom is -0.457 e. The number of benzene rings is 2. The van der Waals surface area contributed by atoms with Crippen LogP contribution in [0.2, 0.25) is 0 Å². The van der Waals surface area contributed by atoms with Crippen LogP contribution in [0.5, 0.6) is 11.5 Å². The molecule has 1 heteroatoms. The maximum atomic E-state index is 5.74. The van der Waals surface area contributed by atoms with Gasteiger partial charge in [-0.05, 0) is 49.2 Å². The Bertz CT molecular complexity index is 417. The van der Waals surface area contributed by atoms with E-state index in [-0.39, 0.29) is 0 Å². The van der Waals surface area contributed by atoms with E-state index in [0.717, 1.165) is 11.5 Å². The van der Waals surface area contributed by atoms with Gasteiger partial charge in [-0.1, -0.05) is 52.0 Å². The Kier molecular flexibility index (Phi) is 9.25. The molecule has 0 aromatic heterocycles. The Hall–Kier alpha value is -1.76. The average Bonchev–Trinajstić information content (AvgIpc) is 2.43. The molecule has 2 aromatic rings. The van der Waals surface area contributed by atoms with Gasteiger partial charge in [0.15, 0.2) is 0 Å². The molecule has 0 radical (unpaired) electrons. The molecule has 0 fully saturated rings. The molecule has 0 aliphatic heterocycles. The highest BCUT2D eigenvalue weighted by molar-refractivity contribution is 5.35. The van der Waals surface area contributed by atoms with Crippen molar-refractivity contribution in [1.82, 2.24) is 0 Å².